The summed E-state index contributed by atoms with van der Waals surface area (Å²) in [6, 6.07) is 14.2. The van der Waals surface area contributed by atoms with Crippen molar-refractivity contribution in [2.24, 2.45) is 0 Å². The number of nitriles is 1. The third-order valence-electron chi connectivity index (χ3n) is 4.19. The van der Waals surface area contributed by atoms with Gasteiger partial charge in [0.25, 0.3) is 5.69 Å². The van der Waals surface area contributed by atoms with E-state index in [1.54, 1.807) is 25.3 Å². The van der Waals surface area contributed by atoms with Gasteiger partial charge in [-0.15, -0.1) is 0 Å². The van der Waals surface area contributed by atoms with Gasteiger partial charge < -0.3 is 9.47 Å². The summed E-state index contributed by atoms with van der Waals surface area (Å²) in [5, 5.41) is 20.3. The van der Waals surface area contributed by atoms with Crippen LogP contribution in [0.15, 0.2) is 71.8 Å². The second-order valence-corrected chi connectivity index (χ2v) is 6.21. The van der Waals surface area contributed by atoms with Crippen LogP contribution in [-0.2, 0) is 6.61 Å². The summed E-state index contributed by atoms with van der Waals surface area (Å²) in [6.45, 7) is 0.280. The molecule has 6 heteroatoms. The highest BCUT2D eigenvalue weighted by Crippen LogP contribution is 2.27. The van der Waals surface area contributed by atoms with E-state index in [9.17, 15) is 10.1 Å². The Labute approximate surface area is 162 Å². The van der Waals surface area contributed by atoms with Gasteiger partial charge in [0.2, 0.25) is 0 Å². The maximum Gasteiger partial charge on any atom is 0.273 e. The molecule has 1 aliphatic carbocycles. The van der Waals surface area contributed by atoms with Crippen molar-refractivity contribution in [2.45, 2.75) is 13.0 Å². The van der Waals surface area contributed by atoms with E-state index < -0.39 is 4.92 Å². The summed E-state index contributed by atoms with van der Waals surface area (Å²) in [7, 11) is 1.60. The average molecular weight is 374 g/mol. The fraction of sp³-hybridized carbons (Fsp3) is 0.136. The maximum absolute atomic E-state index is 11.3. The number of hydrogen-bond acceptors (Lipinski definition) is 5. The summed E-state index contributed by atoms with van der Waals surface area (Å²) >= 11 is 0. The fourth-order valence-electron chi connectivity index (χ4n) is 2.78. The third kappa shape index (κ3) is 4.86. The van der Waals surface area contributed by atoms with Crippen LogP contribution < -0.4 is 9.47 Å². The number of hydrogen-bond donors (Lipinski definition) is 0. The summed E-state index contributed by atoms with van der Waals surface area (Å²) in [4.78, 5) is 10.8. The summed E-state index contributed by atoms with van der Waals surface area (Å²) in [6.07, 6.45) is 7.77. The number of allylic oxidation sites excluding steroid dienone is 5. The second kappa shape index (κ2) is 8.69. The molecule has 0 saturated heterocycles. The topological polar surface area (TPSA) is 85.4 Å². The summed E-state index contributed by atoms with van der Waals surface area (Å²) in [5.74, 6) is 1.16. The van der Waals surface area contributed by atoms with E-state index in [0.717, 1.165) is 16.9 Å². The van der Waals surface area contributed by atoms with Crippen molar-refractivity contribution in [1.82, 2.24) is 0 Å². The van der Waals surface area contributed by atoms with Crippen LogP contribution in [0.4, 0.5) is 5.69 Å². The van der Waals surface area contributed by atoms with E-state index in [-0.39, 0.29) is 12.3 Å². The fourth-order valence-corrected chi connectivity index (χ4v) is 2.78. The first-order chi connectivity index (χ1) is 13.6. The number of rotatable bonds is 6. The lowest BCUT2D eigenvalue weighted by molar-refractivity contribution is -0.385. The number of ether oxygens (including phenoxy) is 2. The van der Waals surface area contributed by atoms with Gasteiger partial charge in [0.15, 0.2) is 0 Å². The predicted octanol–water partition coefficient (Wildman–Crippen LogP) is 4.98. The minimum absolute atomic E-state index is 0.0464. The highest BCUT2D eigenvalue weighted by atomic mass is 16.6. The van der Waals surface area contributed by atoms with Gasteiger partial charge >= 0.3 is 0 Å². The van der Waals surface area contributed by atoms with E-state index in [1.165, 1.54) is 12.1 Å². The van der Waals surface area contributed by atoms with Crippen molar-refractivity contribution in [3.63, 3.8) is 0 Å². The van der Waals surface area contributed by atoms with E-state index in [2.05, 4.69) is 6.07 Å². The normalized spacial score (nSPS) is 14.3. The molecule has 0 spiro atoms. The molecule has 3 rings (SSSR count). The number of non-ortho nitro benzene ring substituents is 1. The molecule has 0 bridgehead atoms. The molecule has 1 aliphatic rings. The highest BCUT2D eigenvalue weighted by molar-refractivity contribution is 5.63. The number of nitrogens with zero attached hydrogens (tertiary/aromatic N) is 2. The molecular weight excluding hydrogens is 356 g/mol. The second-order valence-electron chi connectivity index (χ2n) is 6.21. The average Bonchev–Trinajstić information content (AvgIpc) is 2.72. The lowest BCUT2D eigenvalue weighted by Crippen LogP contribution is -1.98. The van der Waals surface area contributed by atoms with Crippen LogP contribution in [-0.4, -0.2) is 12.0 Å². The Balaban J connectivity index is 1.81. The van der Waals surface area contributed by atoms with Gasteiger partial charge in [-0.1, -0.05) is 30.4 Å². The SMILES string of the molecule is COc1ccc(COc2cc(C=C3C=CC=C(C#N)C3)cc([N+](=O)[O-])c2)cc1. The smallest absolute Gasteiger partial charge is 0.273 e. The molecule has 0 aliphatic heterocycles. The first-order valence-corrected chi connectivity index (χ1v) is 8.60. The Morgan fingerprint density at radius 2 is 2.00 bits per heavy atom. The minimum atomic E-state index is -0.445. The lowest BCUT2D eigenvalue weighted by atomic mass is 9.98. The Morgan fingerprint density at radius 3 is 2.68 bits per heavy atom. The van der Waals surface area contributed by atoms with Gasteiger partial charge in [0.1, 0.15) is 18.1 Å². The summed E-state index contributed by atoms with van der Waals surface area (Å²) in [5.41, 5.74) is 3.08. The zero-order valence-corrected chi connectivity index (χ0v) is 15.3. The molecule has 0 atom stereocenters. The van der Waals surface area contributed by atoms with Crippen molar-refractivity contribution < 1.29 is 14.4 Å². The van der Waals surface area contributed by atoms with Gasteiger partial charge in [-0.3, -0.25) is 10.1 Å². The number of methoxy groups -OCH3 is 1. The van der Waals surface area contributed by atoms with Gasteiger partial charge in [0.05, 0.1) is 24.2 Å². The van der Waals surface area contributed by atoms with Crippen LogP contribution in [0.5, 0.6) is 11.5 Å². The molecule has 0 amide bonds. The molecule has 0 fully saturated rings. The summed E-state index contributed by atoms with van der Waals surface area (Å²) < 4.78 is 10.9. The Hall–Kier alpha value is -3.85. The number of nitro benzene ring substituents is 1. The molecule has 0 unspecified atom stereocenters. The zero-order chi connectivity index (χ0) is 19.9. The first kappa shape index (κ1) is 18.9. The Kier molecular flexibility index (Phi) is 5.87. The molecule has 0 N–H and O–H groups in total. The largest absolute Gasteiger partial charge is 0.497 e. The number of nitro groups is 1. The molecule has 0 saturated carbocycles. The third-order valence-corrected chi connectivity index (χ3v) is 4.19. The maximum atomic E-state index is 11.3. The van der Waals surface area contributed by atoms with Crippen LogP contribution in [0.2, 0.25) is 0 Å². The molecule has 140 valence electrons. The highest BCUT2D eigenvalue weighted by Gasteiger charge is 2.11. The van der Waals surface area contributed by atoms with E-state index in [1.807, 2.05) is 36.4 Å². The van der Waals surface area contributed by atoms with Crippen LogP contribution >= 0.6 is 0 Å². The van der Waals surface area contributed by atoms with Gasteiger partial charge in [-0.2, -0.15) is 5.26 Å². The molecule has 2 aromatic carbocycles. The predicted molar refractivity (Wildman–Crippen MR) is 106 cm³/mol. The van der Waals surface area contributed by atoms with E-state index in [0.29, 0.717) is 23.3 Å². The monoisotopic (exact) mass is 374 g/mol. The molecule has 6 nitrogen and oxygen atoms in total. The van der Waals surface area contributed by atoms with Crippen molar-refractivity contribution in [1.29, 1.82) is 5.26 Å². The molecule has 0 heterocycles. The first-order valence-electron chi connectivity index (χ1n) is 8.60. The van der Waals surface area contributed by atoms with E-state index >= 15 is 0 Å². The molecule has 0 aromatic heterocycles. The molecular formula is C22H18N2O4. The van der Waals surface area contributed by atoms with Crippen molar-refractivity contribution in [3.05, 3.63) is 93.1 Å². The quantitative estimate of drug-likeness (QED) is 0.526. The molecule has 2 aromatic rings. The van der Waals surface area contributed by atoms with Crippen LogP contribution in [0.25, 0.3) is 6.08 Å². The van der Waals surface area contributed by atoms with E-state index in [4.69, 9.17) is 14.7 Å². The van der Waals surface area contributed by atoms with Crippen molar-refractivity contribution >= 4 is 11.8 Å². The zero-order valence-electron chi connectivity index (χ0n) is 15.3. The lowest BCUT2D eigenvalue weighted by Gasteiger charge is -2.09. The van der Waals surface area contributed by atoms with Gasteiger partial charge in [0, 0.05) is 18.1 Å². The minimum Gasteiger partial charge on any atom is -0.497 e. The van der Waals surface area contributed by atoms with Crippen molar-refractivity contribution in [2.75, 3.05) is 7.11 Å². The molecule has 0 radical (unpaired) electrons. The number of benzene rings is 2. The van der Waals surface area contributed by atoms with Gasteiger partial charge in [-0.25, -0.2) is 0 Å². The van der Waals surface area contributed by atoms with Crippen molar-refractivity contribution in [3.8, 4) is 17.6 Å². The molecule has 28 heavy (non-hydrogen) atoms. The van der Waals surface area contributed by atoms with Gasteiger partial charge in [-0.05, 0) is 41.0 Å². The standard InChI is InChI=1S/C22H18N2O4/c1-27-21-7-5-16(6-8-21)15-28-22-12-19(11-20(13-22)24(25)26)10-17-3-2-4-18(9-17)14-23/h2-8,10-13H,9,15H2,1H3. The van der Waals surface area contributed by atoms with Crippen LogP contribution in [0.3, 0.4) is 0 Å². The van der Waals surface area contributed by atoms with Crippen LogP contribution in [0.1, 0.15) is 17.5 Å². The Morgan fingerprint density at radius 1 is 1.21 bits per heavy atom. The van der Waals surface area contributed by atoms with Crippen LogP contribution in [0, 0.1) is 21.4 Å². The Bertz CT molecular complexity index is 1010.